The third-order valence-electron chi connectivity index (χ3n) is 5.01. The Morgan fingerprint density at radius 1 is 1.00 bits per heavy atom. The summed E-state index contributed by atoms with van der Waals surface area (Å²) in [5.41, 5.74) is 4.65. The van der Waals surface area contributed by atoms with Crippen LogP contribution in [0, 0.1) is 6.92 Å². The Bertz CT molecular complexity index is 1270. The van der Waals surface area contributed by atoms with E-state index in [1.54, 1.807) is 0 Å². The Morgan fingerprint density at radius 3 is 2.74 bits per heavy atom. The van der Waals surface area contributed by atoms with Gasteiger partial charge in [0, 0.05) is 41.3 Å². The number of rotatable bonds is 8. The van der Waals surface area contributed by atoms with Crippen molar-refractivity contribution in [3.8, 4) is 22.3 Å². The Hall–Kier alpha value is -3.50. The van der Waals surface area contributed by atoms with Gasteiger partial charge in [-0.1, -0.05) is 29.5 Å². The maximum atomic E-state index is 5.93. The number of anilines is 1. The van der Waals surface area contributed by atoms with Crippen molar-refractivity contribution in [2.75, 3.05) is 18.4 Å². The molecule has 1 aliphatic rings. The van der Waals surface area contributed by atoms with Crippen LogP contribution in [0.4, 0.5) is 5.13 Å². The molecule has 2 N–H and O–H groups in total. The normalized spacial score (nSPS) is 13.1. The average Bonchev–Trinajstić information content (AvgIpc) is 3.53. The first-order valence-corrected chi connectivity index (χ1v) is 12.7. The molecule has 8 nitrogen and oxygen atoms in total. The van der Waals surface area contributed by atoms with E-state index in [2.05, 4.69) is 30.6 Å². The molecule has 0 bridgehead atoms. The lowest BCUT2D eigenvalue weighted by atomic mass is 10.2. The zero-order valence-corrected chi connectivity index (χ0v) is 20.3. The van der Waals surface area contributed by atoms with E-state index in [0.717, 1.165) is 64.6 Å². The van der Waals surface area contributed by atoms with Crippen LogP contribution in [-0.2, 0) is 13.2 Å². The third kappa shape index (κ3) is 5.89. The molecule has 0 amide bonds. The minimum Gasteiger partial charge on any atom is -0.489 e. The summed E-state index contributed by atoms with van der Waals surface area (Å²) in [6, 6.07) is 11.9. The number of benzene rings is 1. The Balaban J connectivity index is 1.15. The van der Waals surface area contributed by atoms with Gasteiger partial charge >= 0.3 is 0 Å². The van der Waals surface area contributed by atoms with E-state index >= 15 is 0 Å². The standard InChI is InChI=1S/C24H24N6O2S2/c1-16-6-7-18(11-27-16)13-31-19-5-2-4-17(10-19)12-32-24-29-21(15-34-24)20-14-33-23(28-20)30-22-25-8-3-9-26-22/h2,4-7,10-11,14-15H,3,8-9,12-13H2,1H3,(H2,25,26,28,30). The highest BCUT2D eigenvalue weighted by Gasteiger charge is 2.12. The number of pyridine rings is 1. The molecule has 10 heteroatoms. The number of guanidine groups is 1. The molecule has 3 aromatic heterocycles. The fourth-order valence-corrected chi connectivity index (χ4v) is 4.60. The van der Waals surface area contributed by atoms with E-state index in [1.807, 2.05) is 60.3 Å². The third-order valence-corrected chi connectivity index (χ3v) is 6.52. The highest BCUT2D eigenvalue weighted by Crippen LogP contribution is 2.29. The minimum absolute atomic E-state index is 0.408. The predicted molar refractivity (Wildman–Crippen MR) is 136 cm³/mol. The molecule has 5 rings (SSSR count). The van der Waals surface area contributed by atoms with Crippen LogP contribution in [0.15, 0.2) is 58.3 Å². The first-order chi connectivity index (χ1) is 16.7. The Kier molecular flexibility index (Phi) is 6.97. The van der Waals surface area contributed by atoms with Crippen molar-refractivity contribution in [3.05, 3.63) is 70.2 Å². The lowest BCUT2D eigenvalue weighted by Crippen LogP contribution is -2.35. The molecular weight excluding hydrogens is 468 g/mol. The highest BCUT2D eigenvalue weighted by atomic mass is 32.1. The summed E-state index contributed by atoms with van der Waals surface area (Å²) in [6.07, 6.45) is 2.89. The van der Waals surface area contributed by atoms with Crippen molar-refractivity contribution in [1.29, 1.82) is 0 Å². The summed E-state index contributed by atoms with van der Waals surface area (Å²) in [7, 11) is 0. The van der Waals surface area contributed by atoms with Gasteiger partial charge in [-0.3, -0.25) is 9.98 Å². The van der Waals surface area contributed by atoms with Gasteiger partial charge in [0.15, 0.2) is 11.1 Å². The number of nitrogens with one attached hydrogen (secondary N) is 2. The summed E-state index contributed by atoms with van der Waals surface area (Å²) < 4.78 is 11.8. The molecule has 0 saturated heterocycles. The topological polar surface area (TPSA) is 93.5 Å². The quantitative estimate of drug-likeness (QED) is 0.362. The summed E-state index contributed by atoms with van der Waals surface area (Å²) >= 11 is 2.98. The van der Waals surface area contributed by atoms with Gasteiger partial charge in [-0.25, -0.2) is 9.97 Å². The fourth-order valence-electron chi connectivity index (χ4n) is 3.23. The molecule has 4 heterocycles. The molecule has 1 aromatic carbocycles. The number of aryl methyl sites for hydroxylation is 1. The number of aliphatic imine (C=N–C) groups is 1. The van der Waals surface area contributed by atoms with Gasteiger partial charge in [-0.05, 0) is 37.1 Å². The number of thiazole rings is 2. The number of aromatic nitrogens is 3. The number of hydrogen-bond donors (Lipinski definition) is 2. The largest absolute Gasteiger partial charge is 0.489 e. The van der Waals surface area contributed by atoms with Gasteiger partial charge in [-0.15, -0.1) is 11.3 Å². The highest BCUT2D eigenvalue weighted by molar-refractivity contribution is 7.14. The molecule has 4 aromatic rings. The number of nitrogens with zero attached hydrogens (tertiary/aromatic N) is 4. The van der Waals surface area contributed by atoms with Gasteiger partial charge in [0.2, 0.25) is 0 Å². The van der Waals surface area contributed by atoms with Crippen molar-refractivity contribution >= 4 is 33.8 Å². The van der Waals surface area contributed by atoms with Crippen molar-refractivity contribution in [2.45, 2.75) is 26.6 Å². The molecule has 0 saturated carbocycles. The zero-order chi connectivity index (χ0) is 23.2. The van der Waals surface area contributed by atoms with Gasteiger partial charge < -0.3 is 20.1 Å². The van der Waals surface area contributed by atoms with E-state index in [4.69, 9.17) is 9.47 Å². The number of ether oxygens (including phenoxy) is 2. The molecule has 0 spiro atoms. The van der Waals surface area contributed by atoms with Crippen LogP contribution in [0.2, 0.25) is 0 Å². The van der Waals surface area contributed by atoms with E-state index in [-0.39, 0.29) is 0 Å². The van der Waals surface area contributed by atoms with Crippen LogP contribution in [0.3, 0.4) is 0 Å². The van der Waals surface area contributed by atoms with Crippen molar-refractivity contribution < 1.29 is 9.47 Å². The van der Waals surface area contributed by atoms with Crippen molar-refractivity contribution in [1.82, 2.24) is 20.3 Å². The van der Waals surface area contributed by atoms with Crippen LogP contribution in [0.5, 0.6) is 10.9 Å². The van der Waals surface area contributed by atoms with Crippen LogP contribution >= 0.6 is 22.7 Å². The van der Waals surface area contributed by atoms with Crippen LogP contribution in [0.1, 0.15) is 23.2 Å². The monoisotopic (exact) mass is 492 g/mol. The van der Waals surface area contributed by atoms with E-state index in [0.29, 0.717) is 18.4 Å². The van der Waals surface area contributed by atoms with Crippen LogP contribution < -0.4 is 20.1 Å². The van der Waals surface area contributed by atoms with E-state index in [1.165, 1.54) is 22.7 Å². The predicted octanol–water partition coefficient (Wildman–Crippen LogP) is 4.89. The summed E-state index contributed by atoms with van der Waals surface area (Å²) in [5, 5.41) is 11.8. The van der Waals surface area contributed by atoms with Crippen molar-refractivity contribution in [3.63, 3.8) is 0 Å². The molecule has 34 heavy (non-hydrogen) atoms. The number of hydrogen-bond acceptors (Lipinski definition) is 10. The van der Waals surface area contributed by atoms with E-state index < -0.39 is 0 Å². The summed E-state index contributed by atoms with van der Waals surface area (Å²) in [5.74, 6) is 1.57. The smallest absolute Gasteiger partial charge is 0.274 e. The molecule has 174 valence electrons. The van der Waals surface area contributed by atoms with Crippen molar-refractivity contribution in [2.24, 2.45) is 4.99 Å². The van der Waals surface area contributed by atoms with Gasteiger partial charge in [0.1, 0.15) is 30.4 Å². The first kappa shape index (κ1) is 22.3. The lowest BCUT2D eigenvalue weighted by Gasteiger charge is -2.13. The second-order valence-electron chi connectivity index (χ2n) is 7.70. The average molecular weight is 493 g/mol. The van der Waals surface area contributed by atoms with Crippen LogP contribution in [-0.4, -0.2) is 34.0 Å². The second kappa shape index (κ2) is 10.6. The molecule has 0 unspecified atom stereocenters. The zero-order valence-electron chi connectivity index (χ0n) is 18.7. The molecule has 0 atom stereocenters. The van der Waals surface area contributed by atoms with Gasteiger partial charge in [0.05, 0.1) is 0 Å². The Labute approximate surface area is 205 Å². The molecule has 0 radical (unpaired) electrons. The van der Waals surface area contributed by atoms with Gasteiger partial charge in [-0.2, -0.15) is 0 Å². The SMILES string of the molecule is Cc1ccc(COc2cccc(COc3nc(-c4csc(NC5=NCCCN5)n4)cs3)c2)cn1. The molecule has 1 aliphatic heterocycles. The molecule has 0 aliphatic carbocycles. The maximum Gasteiger partial charge on any atom is 0.274 e. The summed E-state index contributed by atoms with van der Waals surface area (Å²) in [6.45, 7) is 4.61. The van der Waals surface area contributed by atoms with Crippen LogP contribution in [0.25, 0.3) is 11.4 Å². The minimum atomic E-state index is 0.408. The van der Waals surface area contributed by atoms with Gasteiger partial charge in [0.25, 0.3) is 5.19 Å². The fraction of sp³-hybridized carbons (Fsp3) is 0.250. The Morgan fingerprint density at radius 2 is 1.88 bits per heavy atom. The maximum absolute atomic E-state index is 5.93. The second-order valence-corrected chi connectivity index (χ2v) is 9.38. The lowest BCUT2D eigenvalue weighted by molar-refractivity contribution is 0.295. The molecular formula is C24H24N6O2S2. The molecule has 0 fully saturated rings. The summed E-state index contributed by atoms with van der Waals surface area (Å²) in [4.78, 5) is 17.9. The first-order valence-electron chi connectivity index (χ1n) is 10.9. The van der Waals surface area contributed by atoms with E-state index in [9.17, 15) is 0 Å².